The fraction of sp³-hybridized carbons (Fsp3) is 0.831. The lowest BCUT2D eigenvalue weighted by Gasteiger charge is -2.39. The minimum absolute atomic E-state index is 0.00803. The summed E-state index contributed by atoms with van der Waals surface area (Å²) in [6.07, 6.45) is -3.71. The van der Waals surface area contributed by atoms with Gasteiger partial charge in [0, 0.05) is 67.2 Å². The van der Waals surface area contributed by atoms with Crippen molar-refractivity contribution in [3.05, 3.63) is 0 Å². The van der Waals surface area contributed by atoms with Crippen LogP contribution in [0.25, 0.3) is 0 Å². The van der Waals surface area contributed by atoms with E-state index < -0.39 is 175 Å². The molecule has 0 bridgehead atoms. The molecule has 3 fully saturated rings. The van der Waals surface area contributed by atoms with Crippen LogP contribution in [-0.2, 0) is 52.7 Å². The minimum atomic E-state index is -4.75. The van der Waals surface area contributed by atoms with Crippen molar-refractivity contribution in [2.24, 2.45) is 35.5 Å². The Balaban J connectivity index is 2.20. The molecular formula is C65H110ClF4N11O11. The second-order valence-electron chi connectivity index (χ2n) is 27.9. The van der Waals surface area contributed by atoms with Gasteiger partial charge >= 0.3 is 6.18 Å². The highest BCUT2D eigenvalue weighted by molar-refractivity contribution is 6.20. The topological polar surface area (TPSA) is 259 Å². The number of amides is 11. The van der Waals surface area contributed by atoms with Crippen molar-refractivity contribution in [2.45, 2.75) is 244 Å². The van der Waals surface area contributed by atoms with Gasteiger partial charge in [-0.1, -0.05) is 67.7 Å². The van der Waals surface area contributed by atoms with Crippen LogP contribution in [0.5, 0.6) is 0 Å². The Hall–Kier alpha value is -5.82. The molecule has 2 aliphatic carbocycles. The molecule has 2 saturated carbocycles. The predicted molar refractivity (Wildman–Crippen MR) is 343 cm³/mol. The minimum Gasteiger partial charge on any atom is -0.343 e. The van der Waals surface area contributed by atoms with Crippen LogP contribution in [0.15, 0.2) is 0 Å². The second kappa shape index (κ2) is 36.2. The smallest absolute Gasteiger partial charge is 0.343 e. The number of rotatable bonds is 14. The van der Waals surface area contributed by atoms with E-state index in [0.29, 0.717) is 44.9 Å². The Morgan fingerprint density at radius 3 is 1.70 bits per heavy atom. The molecule has 27 heteroatoms. The number of alkyl halides is 5. The first-order valence-electron chi connectivity index (χ1n) is 33.0. The molecule has 92 heavy (non-hydrogen) atoms. The van der Waals surface area contributed by atoms with E-state index in [9.17, 15) is 65.9 Å². The maximum absolute atomic E-state index is 15.2. The zero-order valence-electron chi connectivity index (χ0n) is 57.8. The molecule has 11 amide bonds. The van der Waals surface area contributed by atoms with Gasteiger partial charge in [0.1, 0.15) is 48.0 Å². The molecule has 526 valence electrons. The molecule has 3 unspecified atom stereocenters. The van der Waals surface area contributed by atoms with Crippen molar-refractivity contribution < 1.29 is 70.3 Å². The molecule has 0 aromatic carbocycles. The molecule has 0 spiro atoms. The van der Waals surface area contributed by atoms with Crippen LogP contribution >= 0.6 is 11.6 Å². The third-order valence-corrected chi connectivity index (χ3v) is 19.6. The van der Waals surface area contributed by atoms with E-state index in [0.717, 1.165) is 19.6 Å². The van der Waals surface area contributed by atoms with Gasteiger partial charge in [0.2, 0.25) is 65.0 Å². The van der Waals surface area contributed by atoms with E-state index in [2.05, 4.69) is 21.3 Å². The highest BCUT2D eigenvalue weighted by atomic mass is 35.5. The molecular weight excluding hydrogens is 1220 g/mol. The molecule has 1 aliphatic heterocycles. The van der Waals surface area contributed by atoms with Crippen molar-refractivity contribution in [1.29, 1.82) is 0 Å². The molecule has 11 atom stereocenters. The van der Waals surface area contributed by atoms with E-state index in [1.54, 1.807) is 27.7 Å². The van der Waals surface area contributed by atoms with Crippen molar-refractivity contribution in [1.82, 2.24) is 55.6 Å². The number of halogens is 5. The van der Waals surface area contributed by atoms with Gasteiger partial charge in [-0.25, -0.2) is 4.39 Å². The predicted octanol–water partition coefficient (Wildman–Crippen LogP) is 6.06. The highest BCUT2D eigenvalue weighted by Crippen LogP contribution is 2.43. The van der Waals surface area contributed by atoms with E-state index in [-0.39, 0.29) is 74.5 Å². The first-order valence-corrected chi connectivity index (χ1v) is 33.5. The maximum Gasteiger partial charge on any atom is 0.394 e. The number of carbonyl (C=O) groups is 11. The van der Waals surface area contributed by atoms with E-state index in [4.69, 9.17) is 11.6 Å². The summed E-state index contributed by atoms with van der Waals surface area (Å²) in [6, 6.07) is -8.14. The van der Waals surface area contributed by atoms with Gasteiger partial charge in [-0.15, -0.1) is 11.6 Å². The number of nitrogens with zero attached hydrogens (tertiary/aromatic N) is 7. The fourth-order valence-electron chi connectivity index (χ4n) is 12.2. The molecule has 3 rings (SSSR count). The zero-order chi connectivity index (χ0) is 70.0. The summed E-state index contributed by atoms with van der Waals surface area (Å²) in [5, 5.41) is 11.1. The monoisotopic (exact) mass is 1330 g/mol. The molecule has 1 saturated heterocycles. The third-order valence-electron chi connectivity index (χ3n) is 19.2. The summed E-state index contributed by atoms with van der Waals surface area (Å²) in [5.74, 6) is -11.1. The normalized spacial score (nSPS) is 29.6. The lowest BCUT2D eigenvalue weighted by atomic mass is 9.78. The summed E-state index contributed by atoms with van der Waals surface area (Å²) in [5.41, 5.74) is -1.70. The number of nitrogens with one attached hydrogen (secondary N) is 4. The van der Waals surface area contributed by atoms with Crippen LogP contribution in [0.3, 0.4) is 0 Å². The average Bonchev–Trinajstić information content (AvgIpc) is 0.869. The van der Waals surface area contributed by atoms with Crippen LogP contribution in [0.1, 0.15) is 178 Å². The number of hydrogen-bond donors (Lipinski definition) is 4. The second-order valence-corrected chi connectivity index (χ2v) is 28.5. The van der Waals surface area contributed by atoms with Gasteiger partial charge in [-0.3, -0.25) is 52.7 Å². The van der Waals surface area contributed by atoms with E-state index in [1.165, 1.54) is 77.9 Å². The molecule has 3 aliphatic rings. The molecule has 22 nitrogen and oxygen atoms in total. The molecule has 0 aromatic rings. The molecule has 0 radical (unpaired) electrons. The Kier molecular flexibility index (Phi) is 31.6. The van der Waals surface area contributed by atoms with Gasteiger partial charge in [0.05, 0.1) is 25.6 Å². The summed E-state index contributed by atoms with van der Waals surface area (Å²) < 4.78 is 56.4. The lowest BCUT2D eigenvalue weighted by molar-refractivity contribution is -0.201. The van der Waals surface area contributed by atoms with Gasteiger partial charge in [0.25, 0.3) is 0 Å². The van der Waals surface area contributed by atoms with Crippen LogP contribution in [0, 0.1) is 35.5 Å². The average molecular weight is 1330 g/mol. The van der Waals surface area contributed by atoms with Crippen LogP contribution < -0.4 is 21.3 Å². The van der Waals surface area contributed by atoms with Gasteiger partial charge in [-0.05, 0) is 134 Å². The van der Waals surface area contributed by atoms with E-state index >= 15 is 4.39 Å². The van der Waals surface area contributed by atoms with Gasteiger partial charge in [0.15, 0.2) is 0 Å². The summed E-state index contributed by atoms with van der Waals surface area (Å²) in [6.45, 7) is 15.7. The van der Waals surface area contributed by atoms with Crippen LogP contribution in [0.2, 0.25) is 0 Å². The van der Waals surface area contributed by atoms with E-state index in [1.807, 2.05) is 27.7 Å². The highest BCUT2D eigenvalue weighted by Gasteiger charge is 2.48. The number of carbonyl (C=O) groups excluding carboxylic acids is 11. The first kappa shape index (κ1) is 80.4. The van der Waals surface area contributed by atoms with Crippen molar-refractivity contribution in [3.8, 4) is 0 Å². The molecule has 0 aromatic heterocycles. The SMILES string of the molecule is CCCC[C@@H]1NC(=O)C(C)(C)N(C)C(=O)[C@H](CC(C)C)NC(=O)[C@H](CCC2CCC(C(F)(F)F)C(F)C2)NC(=O)CN(C)C(=O)[C@H](CC2CCC(Cl)CC2)N(C)C(=O)CN(C)C(=O)CN(C)C(=O)[C@H]([C@@H](C)CC)NC(=O)[C@H](CC(C)C)N(C)C(=O)C[C@@H](C)N(C)C1=O. The Morgan fingerprint density at radius 1 is 0.576 bits per heavy atom. The number of hydrogen-bond acceptors (Lipinski definition) is 11. The Morgan fingerprint density at radius 2 is 1.14 bits per heavy atom. The Labute approximate surface area is 548 Å². The first-order chi connectivity index (χ1) is 42.7. The van der Waals surface area contributed by atoms with Crippen molar-refractivity contribution in [2.75, 3.05) is 69.0 Å². The van der Waals surface area contributed by atoms with Gasteiger partial charge in [-0.2, -0.15) is 13.2 Å². The number of unbranched alkanes of at least 4 members (excludes halogenated alkanes) is 1. The van der Waals surface area contributed by atoms with Crippen LogP contribution in [-0.4, -0.2) is 234 Å². The fourth-order valence-corrected chi connectivity index (χ4v) is 12.5. The molecule has 1 heterocycles. The standard InChI is InChI=1S/C65H110ClF4N11O11/c1-18-20-21-48-59(88)78(14)41(8)32-53(83)79(15)50(31-39(5)6)58(87)74-56(40(7)19-2)62(91)77(13)36-54(84)75(11)37-55(85)80(16)51(34-43-22-26-44(66)27-23-43)61(90)76(12)35-52(82)71-47(29-25-42-24-28-45(46(67)33-42)65(68,69)70)57(86)72-49(30-38(3)4)60(89)81(17)64(9,10)63(92)73-48/h38-51,56H,18-37H2,1-17H3,(H,71,82)(H,72,86)(H,73,92)(H,74,87)/t40-,41+,42?,43?,44?,45?,46?,47-,48-,49-,50-,51-,56-/m0/s1. The quantitative estimate of drug-likeness (QED) is 0.115. The lowest BCUT2D eigenvalue weighted by Crippen LogP contribution is -2.63. The number of likely N-dealkylation sites (N-methyl/N-ethyl adjacent to an activating group) is 7. The Bertz CT molecular complexity index is 2540. The van der Waals surface area contributed by atoms with Crippen molar-refractivity contribution in [3.63, 3.8) is 0 Å². The molecule has 4 N–H and O–H groups in total. The zero-order valence-corrected chi connectivity index (χ0v) is 58.6. The largest absolute Gasteiger partial charge is 0.394 e. The summed E-state index contributed by atoms with van der Waals surface area (Å²) >= 11 is 6.47. The maximum atomic E-state index is 15.2. The van der Waals surface area contributed by atoms with Crippen LogP contribution in [0.4, 0.5) is 17.6 Å². The third kappa shape index (κ3) is 23.3. The van der Waals surface area contributed by atoms with Crippen molar-refractivity contribution >= 4 is 76.6 Å². The summed E-state index contributed by atoms with van der Waals surface area (Å²) in [4.78, 5) is 167. The summed E-state index contributed by atoms with van der Waals surface area (Å²) in [7, 11) is 9.81. The van der Waals surface area contributed by atoms with Gasteiger partial charge < -0.3 is 55.6 Å².